The SMILES string of the molecule is CCOc1ccccc1NC(=O)CN1CCN(CCn2ccnc2-c2ccccc2)CC1. The zero-order valence-corrected chi connectivity index (χ0v) is 18.6. The molecule has 4 rings (SSSR count). The number of piperazine rings is 1. The van der Waals surface area contributed by atoms with E-state index in [0.29, 0.717) is 18.9 Å². The Morgan fingerprint density at radius 2 is 1.69 bits per heavy atom. The number of carbonyl (C=O) groups excluding carboxylic acids is 1. The van der Waals surface area contributed by atoms with Crippen LogP contribution in [0.1, 0.15) is 6.92 Å². The van der Waals surface area contributed by atoms with Crippen molar-refractivity contribution in [2.24, 2.45) is 0 Å². The van der Waals surface area contributed by atoms with Crippen molar-refractivity contribution < 1.29 is 9.53 Å². The van der Waals surface area contributed by atoms with Gasteiger partial charge >= 0.3 is 0 Å². The van der Waals surface area contributed by atoms with Crippen molar-refractivity contribution in [2.45, 2.75) is 13.5 Å². The van der Waals surface area contributed by atoms with Gasteiger partial charge < -0.3 is 14.6 Å². The minimum Gasteiger partial charge on any atom is -0.492 e. The van der Waals surface area contributed by atoms with E-state index in [0.717, 1.165) is 56.3 Å². The van der Waals surface area contributed by atoms with E-state index in [-0.39, 0.29) is 5.91 Å². The molecule has 0 atom stereocenters. The fourth-order valence-electron chi connectivity index (χ4n) is 4.00. The minimum atomic E-state index is -0.00322. The number of rotatable bonds is 9. The molecule has 0 aliphatic carbocycles. The minimum absolute atomic E-state index is 0.00322. The Labute approximate surface area is 189 Å². The van der Waals surface area contributed by atoms with Crippen LogP contribution in [0.25, 0.3) is 11.4 Å². The lowest BCUT2D eigenvalue weighted by Gasteiger charge is -2.34. The molecule has 1 aliphatic heterocycles. The number of benzene rings is 2. The summed E-state index contributed by atoms with van der Waals surface area (Å²) in [4.78, 5) is 21.7. The Bertz CT molecular complexity index is 996. The zero-order chi connectivity index (χ0) is 22.2. The lowest BCUT2D eigenvalue weighted by Crippen LogP contribution is -2.49. The van der Waals surface area contributed by atoms with Gasteiger partial charge in [0.25, 0.3) is 0 Å². The van der Waals surface area contributed by atoms with Crippen LogP contribution in [0, 0.1) is 0 Å². The highest BCUT2D eigenvalue weighted by atomic mass is 16.5. The van der Waals surface area contributed by atoms with E-state index in [1.807, 2.05) is 61.8 Å². The third-order valence-corrected chi connectivity index (χ3v) is 5.70. The Hall–Kier alpha value is -3.16. The molecule has 0 unspecified atom stereocenters. The van der Waals surface area contributed by atoms with Gasteiger partial charge in [-0.2, -0.15) is 0 Å². The molecule has 0 bridgehead atoms. The van der Waals surface area contributed by atoms with Crippen LogP contribution in [0.3, 0.4) is 0 Å². The van der Waals surface area contributed by atoms with Crippen LogP contribution in [-0.2, 0) is 11.3 Å². The van der Waals surface area contributed by atoms with Gasteiger partial charge in [-0.25, -0.2) is 4.98 Å². The third-order valence-electron chi connectivity index (χ3n) is 5.70. The zero-order valence-electron chi connectivity index (χ0n) is 18.6. The first-order valence-corrected chi connectivity index (χ1v) is 11.3. The van der Waals surface area contributed by atoms with Crippen molar-refractivity contribution in [2.75, 3.05) is 51.2 Å². The lowest BCUT2D eigenvalue weighted by atomic mass is 10.2. The molecular formula is C25H31N5O2. The van der Waals surface area contributed by atoms with Gasteiger partial charge in [-0.05, 0) is 19.1 Å². The summed E-state index contributed by atoms with van der Waals surface area (Å²) in [5.41, 5.74) is 1.87. The summed E-state index contributed by atoms with van der Waals surface area (Å²) in [6, 6.07) is 17.9. The summed E-state index contributed by atoms with van der Waals surface area (Å²) in [5.74, 6) is 1.72. The number of nitrogens with zero attached hydrogens (tertiary/aromatic N) is 4. The molecule has 2 heterocycles. The molecule has 7 nitrogen and oxygen atoms in total. The molecule has 1 amide bonds. The van der Waals surface area contributed by atoms with E-state index in [9.17, 15) is 4.79 Å². The third kappa shape index (κ3) is 5.75. The van der Waals surface area contributed by atoms with Crippen molar-refractivity contribution in [3.05, 3.63) is 67.0 Å². The van der Waals surface area contributed by atoms with E-state index in [4.69, 9.17) is 4.74 Å². The average molecular weight is 434 g/mol. The van der Waals surface area contributed by atoms with E-state index >= 15 is 0 Å². The molecule has 7 heteroatoms. The molecule has 1 saturated heterocycles. The largest absolute Gasteiger partial charge is 0.492 e. The van der Waals surface area contributed by atoms with Crippen molar-refractivity contribution in [3.8, 4) is 17.1 Å². The van der Waals surface area contributed by atoms with Crippen LogP contribution in [0.15, 0.2) is 67.0 Å². The van der Waals surface area contributed by atoms with E-state index in [1.165, 1.54) is 0 Å². The number of para-hydroxylation sites is 2. The van der Waals surface area contributed by atoms with Gasteiger partial charge in [0.05, 0.1) is 18.8 Å². The monoisotopic (exact) mass is 433 g/mol. The summed E-state index contributed by atoms with van der Waals surface area (Å²) in [6.45, 7) is 8.46. The topological polar surface area (TPSA) is 62.6 Å². The molecule has 0 saturated carbocycles. The summed E-state index contributed by atoms with van der Waals surface area (Å²) >= 11 is 0. The number of hydrogen-bond donors (Lipinski definition) is 1. The van der Waals surface area contributed by atoms with Crippen LogP contribution in [0.5, 0.6) is 5.75 Å². The van der Waals surface area contributed by atoms with Crippen LogP contribution >= 0.6 is 0 Å². The number of nitrogens with one attached hydrogen (secondary N) is 1. The number of carbonyl (C=O) groups is 1. The van der Waals surface area contributed by atoms with E-state index < -0.39 is 0 Å². The second-order valence-electron chi connectivity index (χ2n) is 7.91. The van der Waals surface area contributed by atoms with Crippen molar-refractivity contribution >= 4 is 11.6 Å². The van der Waals surface area contributed by atoms with Crippen molar-refractivity contribution in [3.63, 3.8) is 0 Å². The number of ether oxygens (including phenoxy) is 1. The number of imidazole rings is 1. The van der Waals surface area contributed by atoms with Gasteiger partial charge in [-0.15, -0.1) is 0 Å². The summed E-state index contributed by atoms with van der Waals surface area (Å²) in [6.07, 6.45) is 3.91. The van der Waals surface area contributed by atoms with Gasteiger partial charge in [0, 0.05) is 57.2 Å². The predicted molar refractivity (Wildman–Crippen MR) is 127 cm³/mol. The Morgan fingerprint density at radius 1 is 0.969 bits per heavy atom. The Kier molecular flexibility index (Phi) is 7.53. The maximum atomic E-state index is 12.5. The molecule has 1 fully saturated rings. The molecule has 32 heavy (non-hydrogen) atoms. The van der Waals surface area contributed by atoms with Crippen LogP contribution in [-0.4, -0.2) is 71.1 Å². The van der Waals surface area contributed by atoms with Crippen LogP contribution in [0.4, 0.5) is 5.69 Å². The molecule has 0 spiro atoms. The first-order chi connectivity index (χ1) is 15.7. The molecule has 168 valence electrons. The van der Waals surface area contributed by atoms with Crippen molar-refractivity contribution in [1.29, 1.82) is 0 Å². The molecule has 2 aromatic carbocycles. The molecule has 3 aromatic rings. The van der Waals surface area contributed by atoms with E-state index in [1.54, 1.807) is 0 Å². The fourth-order valence-corrected chi connectivity index (χ4v) is 4.00. The summed E-state index contributed by atoms with van der Waals surface area (Å²) < 4.78 is 7.81. The van der Waals surface area contributed by atoms with Crippen LogP contribution in [0.2, 0.25) is 0 Å². The number of amides is 1. The Morgan fingerprint density at radius 3 is 2.47 bits per heavy atom. The first-order valence-electron chi connectivity index (χ1n) is 11.3. The highest BCUT2D eigenvalue weighted by Crippen LogP contribution is 2.23. The highest BCUT2D eigenvalue weighted by molar-refractivity contribution is 5.93. The average Bonchev–Trinajstić information content (AvgIpc) is 3.29. The van der Waals surface area contributed by atoms with Gasteiger partial charge in [0.15, 0.2) is 0 Å². The maximum absolute atomic E-state index is 12.5. The number of aromatic nitrogens is 2. The van der Waals surface area contributed by atoms with Gasteiger partial charge in [0.1, 0.15) is 11.6 Å². The maximum Gasteiger partial charge on any atom is 0.238 e. The quantitative estimate of drug-likeness (QED) is 0.562. The smallest absolute Gasteiger partial charge is 0.238 e. The Balaban J connectivity index is 1.22. The normalized spacial score (nSPS) is 14.9. The first kappa shape index (κ1) is 22.0. The molecule has 1 N–H and O–H groups in total. The predicted octanol–water partition coefficient (Wildman–Crippen LogP) is 3.21. The molecule has 1 aromatic heterocycles. The second kappa shape index (κ2) is 10.9. The van der Waals surface area contributed by atoms with Gasteiger partial charge in [0.2, 0.25) is 5.91 Å². The summed E-state index contributed by atoms with van der Waals surface area (Å²) in [5, 5.41) is 2.99. The van der Waals surface area contributed by atoms with E-state index in [2.05, 4.69) is 36.8 Å². The van der Waals surface area contributed by atoms with Gasteiger partial charge in [-0.1, -0.05) is 42.5 Å². The molecular weight excluding hydrogens is 402 g/mol. The standard InChI is InChI=1S/C25H31N5O2/c1-2-32-23-11-7-6-10-22(23)27-24(31)20-29-16-14-28(15-17-29)18-19-30-13-12-26-25(30)21-8-4-3-5-9-21/h3-13H,2,14-20H2,1H3,(H,27,31). The molecule has 1 aliphatic rings. The van der Waals surface area contributed by atoms with Crippen LogP contribution < -0.4 is 10.1 Å². The highest BCUT2D eigenvalue weighted by Gasteiger charge is 2.19. The lowest BCUT2D eigenvalue weighted by molar-refractivity contribution is -0.117. The fraction of sp³-hybridized carbons (Fsp3) is 0.360. The number of anilines is 1. The van der Waals surface area contributed by atoms with Crippen molar-refractivity contribution in [1.82, 2.24) is 19.4 Å². The number of hydrogen-bond acceptors (Lipinski definition) is 5. The molecule has 0 radical (unpaired) electrons. The summed E-state index contributed by atoms with van der Waals surface area (Å²) in [7, 11) is 0. The van der Waals surface area contributed by atoms with Gasteiger partial charge in [-0.3, -0.25) is 14.6 Å². The second-order valence-corrected chi connectivity index (χ2v) is 7.91.